The Labute approximate surface area is 103 Å². The molecular weight excluding hydrogens is 217 g/mol. The van der Waals surface area contributed by atoms with E-state index in [4.69, 9.17) is 4.74 Å². The lowest BCUT2D eigenvalue weighted by atomic mass is 9.87. The Morgan fingerprint density at radius 2 is 1.88 bits per heavy atom. The zero-order chi connectivity index (χ0) is 12.9. The zero-order valence-electron chi connectivity index (χ0n) is 11.1. The van der Waals surface area contributed by atoms with Crippen LogP contribution in [0.3, 0.4) is 0 Å². The summed E-state index contributed by atoms with van der Waals surface area (Å²) >= 11 is 0. The summed E-state index contributed by atoms with van der Waals surface area (Å²) < 4.78 is 18.6. The highest BCUT2D eigenvalue weighted by atomic mass is 19.1. The highest BCUT2D eigenvalue weighted by Gasteiger charge is 2.33. The predicted octanol–water partition coefficient (Wildman–Crippen LogP) is 3.29. The lowest BCUT2D eigenvalue weighted by Gasteiger charge is -2.36. The van der Waals surface area contributed by atoms with Crippen LogP contribution in [0, 0.1) is 5.82 Å². The Morgan fingerprint density at radius 1 is 1.29 bits per heavy atom. The highest BCUT2D eigenvalue weighted by molar-refractivity contribution is 5.23. The quantitative estimate of drug-likeness (QED) is 0.822. The molecule has 3 heteroatoms. The minimum atomic E-state index is -0.284. The summed E-state index contributed by atoms with van der Waals surface area (Å²) in [6, 6.07) is 6.69. The number of likely N-dealkylation sites (N-methyl/N-ethyl adjacent to an activating group) is 1. The number of hydrogen-bond donors (Lipinski definition) is 1. The minimum Gasteiger partial charge on any atom is -0.377 e. The third-order valence-corrected chi connectivity index (χ3v) is 3.39. The Bertz CT molecular complexity index is 333. The maximum Gasteiger partial charge on any atom is 0.123 e. The van der Waals surface area contributed by atoms with Crippen molar-refractivity contribution in [1.82, 2.24) is 5.32 Å². The first-order chi connectivity index (χ1) is 8.07. The maximum absolute atomic E-state index is 12.9. The van der Waals surface area contributed by atoms with E-state index < -0.39 is 0 Å². The third kappa shape index (κ3) is 3.27. The molecular formula is C14H22FNO. The predicted molar refractivity (Wildman–Crippen MR) is 68.5 cm³/mol. The van der Waals surface area contributed by atoms with Crippen LogP contribution < -0.4 is 5.32 Å². The highest BCUT2D eigenvalue weighted by Crippen LogP contribution is 2.31. The molecule has 0 aromatic heterocycles. The fraction of sp³-hybridized carbons (Fsp3) is 0.571. The van der Waals surface area contributed by atoms with Gasteiger partial charge in [0.05, 0.1) is 11.6 Å². The molecule has 0 spiro atoms. The molecule has 96 valence electrons. The van der Waals surface area contributed by atoms with Crippen LogP contribution >= 0.6 is 0 Å². The van der Waals surface area contributed by atoms with Gasteiger partial charge in [0.2, 0.25) is 0 Å². The van der Waals surface area contributed by atoms with Crippen molar-refractivity contribution in [2.24, 2.45) is 0 Å². The molecule has 0 amide bonds. The molecule has 0 aliphatic carbocycles. The van der Waals surface area contributed by atoms with E-state index in [1.165, 1.54) is 12.1 Å². The number of methoxy groups -OCH3 is 1. The van der Waals surface area contributed by atoms with Gasteiger partial charge in [-0.25, -0.2) is 4.39 Å². The summed E-state index contributed by atoms with van der Waals surface area (Å²) in [7, 11) is 1.72. The van der Waals surface area contributed by atoms with E-state index in [0.717, 1.165) is 18.5 Å². The lowest BCUT2D eigenvalue weighted by molar-refractivity contribution is -0.0296. The van der Waals surface area contributed by atoms with Crippen LogP contribution in [0.4, 0.5) is 4.39 Å². The smallest absolute Gasteiger partial charge is 0.123 e. The molecule has 2 atom stereocenters. The fourth-order valence-electron chi connectivity index (χ4n) is 2.01. The number of benzene rings is 1. The van der Waals surface area contributed by atoms with E-state index in [2.05, 4.69) is 26.1 Å². The molecule has 0 fully saturated rings. The van der Waals surface area contributed by atoms with Crippen LogP contribution in [0.25, 0.3) is 0 Å². The van der Waals surface area contributed by atoms with Crippen LogP contribution in [-0.2, 0) is 4.74 Å². The lowest BCUT2D eigenvalue weighted by Crippen LogP contribution is -2.42. The molecule has 1 N–H and O–H groups in total. The molecule has 0 saturated carbocycles. The molecule has 0 saturated heterocycles. The minimum absolute atomic E-state index is 0.0723. The first kappa shape index (κ1) is 14.1. The van der Waals surface area contributed by atoms with Crippen molar-refractivity contribution in [2.75, 3.05) is 13.7 Å². The number of nitrogens with one attached hydrogen (secondary N) is 1. The second-order valence-electron chi connectivity index (χ2n) is 4.41. The number of ether oxygens (including phenoxy) is 1. The van der Waals surface area contributed by atoms with E-state index in [9.17, 15) is 4.39 Å². The van der Waals surface area contributed by atoms with Gasteiger partial charge in [0.15, 0.2) is 0 Å². The Balaban J connectivity index is 3.03. The summed E-state index contributed by atoms with van der Waals surface area (Å²) in [4.78, 5) is 0. The van der Waals surface area contributed by atoms with E-state index >= 15 is 0 Å². The van der Waals surface area contributed by atoms with Crippen molar-refractivity contribution in [3.8, 4) is 0 Å². The van der Waals surface area contributed by atoms with Crippen LogP contribution in [0.2, 0.25) is 0 Å². The van der Waals surface area contributed by atoms with E-state index in [1.807, 2.05) is 12.1 Å². The van der Waals surface area contributed by atoms with Gasteiger partial charge >= 0.3 is 0 Å². The van der Waals surface area contributed by atoms with Crippen LogP contribution in [0.1, 0.15) is 38.8 Å². The largest absolute Gasteiger partial charge is 0.377 e. The van der Waals surface area contributed by atoms with Crippen molar-refractivity contribution in [1.29, 1.82) is 0 Å². The van der Waals surface area contributed by atoms with Gasteiger partial charge in [-0.2, -0.15) is 0 Å². The van der Waals surface area contributed by atoms with Crippen molar-refractivity contribution in [3.63, 3.8) is 0 Å². The van der Waals surface area contributed by atoms with Gasteiger partial charge < -0.3 is 10.1 Å². The zero-order valence-corrected chi connectivity index (χ0v) is 11.1. The molecule has 0 bridgehead atoms. The summed E-state index contributed by atoms with van der Waals surface area (Å²) in [5.74, 6) is -0.209. The summed E-state index contributed by atoms with van der Waals surface area (Å²) in [5.41, 5.74) is 0.771. The first-order valence-electron chi connectivity index (χ1n) is 6.11. The van der Waals surface area contributed by atoms with Gasteiger partial charge in [0.1, 0.15) is 5.82 Å². The fourth-order valence-corrected chi connectivity index (χ4v) is 2.01. The van der Waals surface area contributed by atoms with Crippen LogP contribution in [0.15, 0.2) is 24.3 Å². The molecule has 1 rings (SSSR count). The first-order valence-corrected chi connectivity index (χ1v) is 6.11. The van der Waals surface area contributed by atoms with E-state index in [1.54, 1.807) is 7.11 Å². The summed E-state index contributed by atoms with van der Waals surface area (Å²) in [5, 5.41) is 3.41. The van der Waals surface area contributed by atoms with Gasteiger partial charge in [-0.15, -0.1) is 0 Å². The molecule has 1 aromatic rings. The van der Waals surface area contributed by atoms with Gasteiger partial charge in [-0.3, -0.25) is 0 Å². The molecule has 0 radical (unpaired) electrons. The van der Waals surface area contributed by atoms with Gasteiger partial charge in [-0.05, 0) is 37.6 Å². The topological polar surface area (TPSA) is 21.3 Å². The molecule has 2 unspecified atom stereocenters. The average Bonchev–Trinajstić information content (AvgIpc) is 2.36. The second kappa shape index (κ2) is 6.12. The molecule has 0 aliphatic rings. The van der Waals surface area contributed by atoms with Crippen molar-refractivity contribution < 1.29 is 9.13 Å². The van der Waals surface area contributed by atoms with E-state index in [0.29, 0.717) is 0 Å². The van der Waals surface area contributed by atoms with Gasteiger partial charge in [0, 0.05) is 7.11 Å². The molecule has 17 heavy (non-hydrogen) atoms. The Hall–Kier alpha value is -0.930. The van der Waals surface area contributed by atoms with Gasteiger partial charge in [0.25, 0.3) is 0 Å². The molecule has 0 heterocycles. The number of halogens is 1. The SMILES string of the molecule is CCNC(c1ccc(F)cc1)C(C)(CC)OC. The Morgan fingerprint density at radius 3 is 2.29 bits per heavy atom. The normalized spacial score (nSPS) is 16.5. The monoisotopic (exact) mass is 239 g/mol. The van der Waals surface area contributed by atoms with Crippen LogP contribution in [-0.4, -0.2) is 19.3 Å². The molecule has 0 aliphatic heterocycles. The molecule has 1 aromatic carbocycles. The standard InChI is InChI=1S/C14H22FNO/c1-5-14(3,17-4)13(16-6-2)11-7-9-12(15)10-8-11/h7-10,13,16H,5-6H2,1-4H3. The average molecular weight is 239 g/mol. The van der Waals surface area contributed by atoms with Crippen molar-refractivity contribution in [2.45, 2.75) is 38.8 Å². The number of hydrogen-bond acceptors (Lipinski definition) is 2. The van der Waals surface area contributed by atoms with Gasteiger partial charge in [-0.1, -0.05) is 26.0 Å². The number of rotatable bonds is 6. The summed E-state index contributed by atoms with van der Waals surface area (Å²) in [6.45, 7) is 7.07. The van der Waals surface area contributed by atoms with Crippen molar-refractivity contribution >= 4 is 0 Å². The third-order valence-electron chi connectivity index (χ3n) is 3.39. The summed E-state index contributed by atoms with van der Waals surface area (Å²) in [6.07, 6.45) is 0.887. The van der Waals surface area contributed by atoms with Crippen LogP contribution in [0.5, 0.6) is 0 Å². The second-order valence-corrected chi connectivity index (χ2v) is 4.41. The maximum atomic E-state index is 12.9. The van der Waals surface area contributed by atoms with E-state index in [-0.39, 0.29) is 17.5 Å². The Kier molecular flexibility index (Phi) is 5.09. The van der Waals surface area contributed by atoms with Crippen molar-refractivity contribution in [3.05, 3.63) is 35.6 Å². The molecule has 2 nitrogen and oxygen atoms in total.